The second-order valence-corrected chi connectivity index (χ2v) is 33.1. The Morgan fingerprint density at radius 1 is 0.171 bits per heavy atom. The Hall–Kier alpha value is -14.5. The molecule has 1 nitrogen and oxygen atoms in total. The summed E-state index contributed by atoms with van der Waals surface area (Å²) in [5, 5.41) is 22.7. The van der Waals surface area contributed by atoms with Crippen molar-refractivity contribution >= 4 is 108 Å². The van der Waals surface area contributed by atoms with Crippen molar-refractivity contribution in [3.05, 3.63) is 423 Å². The van der Waals surface area contributed by atoms with E-state index in [-0.39, 0.29) is 10.8 Å². The SMILES string of the molecule is CC1(C)c2ccc3ccccc3c2-c2cccc(-c3cccc(-c4c5ccccc5c(-c5ccc(-c6cccc7c6oc6ccccc67)cc5)c5ccccc45)c3)c21.CC1(C)c2cccc(-c3ccc(-c4c5ccccc5c(-c5cccc(-c6cc7ccccc7c7ccccc67)c5)c5ccccc45)cc3)c2-c2c1ccc1ccccc21. The highest BCUT2D eigenvalue weighted by Crippen LogP contribution is 2.58. The van der Waals surface area contributed by atoms with Crippen molar-refractivity contribution < 1.29 is 4.42 Å². The lowest BCUT2D eigenvalue weighted by Crippen LogP contribution is -2.16. The van der Waals surface area contributed by atoms with E-state index in [4.69, 9.17) is 4.42 Å². The minimum atomic E-state index is -0.142. The Kier molecular flexibility index (Phi) is 15.5. The van der Waals surface area contributed by atoms with E-state index in [9.17, 15) is 0 Å². The smallest absolute Gasteiger partial charge is 0.143 e. The summed E-state index contributed by atoms with van der Waals surface area (Å²) >= 11 is 0. The molecule has 0 amide bonds. The molecular weight excluding hydrogens is 1410 g/mol. The van der Waals surface area contributed by atoms with Gasteiger partial charge in [-0.15, -0.1) is 0 Å². The lowest BCUT2D eigenvalue weighted by molar-refractivity contribution is 0.661. The van der Waals surface area contributed by atoms with Gasteiger partial charge >= 0.3 is 0 Å². The van der Waals surface area contributed by atoms with Crippen LogP contribution in [0.15, 0.2) is 405 Å². The zero-order valence-electron chi connectivity index (χ0n) is 65.5. The average Bonchev–Trinajstić information content (AvgIpc) is 1.38. The summed E-state index contributed by atoms with van der Waals surface area (Å²) in [6.07, 6.45) is 0. The van der Waals surface area contributed by atoms with Crippen molar-refractivity contribution in [2.24, 2.45) is 0 Å². The second-order valence-electron chi connectivity index (χ2n) is 33.1. The molecule has 1 aromatic heterocycles. The van der Waals surface area contributed by atoms with Gasteiger partial charge in [0.05, 0.1) is 0 Å². The van der Waals surface area contributed by atoms with Crippen LogP contribution in [-0.2, 0) is 10.8 Å². The lowest BCUT2D eigenvalue weighted by atomic mass is 9.78. The van der Waals surface area contributed by atoms with Gasteiger partial charge in [0.25, 0.3) is 0 Å². The van der Waals surface area contributed by atoms with E-state index in [1.165, 1.54) is 209 Å². The standard InChI is InChI=1S/C59H40.C57H38O/c1-59(2)53-28-14-27-45(57(53)58-44-20-6-3-15-37(44)33-34-54(58)59)38-29-31-39(32-30-38)55-48-23-9-11-25-50(48)56(51-26-12-10-24-49(51)55)42-18-13-17-40(35-42)52-36-41-16-4-5-19-43(41)46-21-7-8-22-47(46)52;1-57(2)50-33-32-35-14-3-4-17-40(35)54(50)49-26-12-23-41(55(49)57)38-15-11-16-39(34-38)53-46-21-7-5-19-44(46)52(45-20-6-8-22-47(45)53)37-30-28-36(29-31-37)42-24-13-25-48-43-18-9-10-27-51(43)58-56(42)48/h3-36H,1-2H3;3-34H,1-2H3. The van der Waals surface area contributed by atoms with Gasteiger partial charge in [-0.3, -0.25) is 0 Å². The van der Waals surface area contributed by atoms with Gasteiger partial charge < -0.3 is 4.42 Å². The lowest BCUT2D eigenvalue weighted by Gasteiger charge is -2.25. The van der Waals surface area contributed by atoms with Gasteiger partial charge in [-0.05, 0) is 238 Å². The summed E-state index contributed by atoms with van der Waals surface area (Å²) in [5.74, 6) is 0. The van der Waals surface area contributed by atoms with Gasteiger partial charge in [-0.25, -0.2) is 0 Å². The number of furan rings is 1. The van der Waals surface area contributed by atoms with Crippen LogP contribution >= 0.6 is 0 Å². The number of rotatable bonds is 8. The molecule has 24 rings (SSSR count). The summed E-state index contributed by atoms with van der Waals surface area (Å²) < 4.78 is 6.42. The zero-order chi connectivity index (χ0) is 77.8. The first-order chi connectivity index (χ1) is 57.6. The fourth-order valence-corrected chi connectivity index (χ4v) is 20.8. The molecule has 21 aromatic carbocycles. The van der Waals surface area contributed by atoms with Crippen molar-refractivity contribution in [1.82, 2.24) is 0 Å². The van der Waals surface area contributed by atoms with E-state index < -0.39 is 0 Å². The molecule has 2 aliphatic rings. The molecular formula is C116H78O. The van der Waals surface area contributed by atoms with Gasteiger partial charge in [0.2, 0.25) is 0 Å². The molecule has 0 radical (unpaired) electrons. The Balaban J connectivity index is 0.000000138. The molecule has 0 atom stereocenters. The maximum Gasteiger partial charge on any atom is 0.143 e. The fourth-order valence-electron chi connectivity index (χ4n) is 20.8. The maximum absolute atomic E-state index is 6.42. The zero-order valence-corrected chi connectivity index (χ0v) is 65.5. The molecule has 0 N–H and O–H groups in total. The minimum absolute atomic E-state index is 0.0764. The van der Waals surface area contributed by atoms with Crippen LogP contribution in [-0.4, -0.2) is 0 Å². The number of para-hydroxylation sites is 2. The number of benzene rings is 21. The molecule has 0 saturated heterocycles. The quantitative estimate of drug-likeness (QED) is 0.109. The molecule has 1 heterocycles. The summed E-state index contributed by atoms with van der Waals surface area (Å²) in [7, 11) is 0. The fraction of sp³-hybridized carbons (Fsp3) is 0.0517. The van der Waals surface area contributed by atoms with Crippen LogP contribution in [0.4, 0.5) is 0 Å². The van der Waals surface area contributed by atoms with Crippen molar-refractivity contribution in [3.8, 4) is 111 Å². The van der Waals surface area contributed by atoms with Crippen LogP contribution in [0.5, 0.6) is 0 Å². The highest BCUT2D eigenvalue weighted by molar-refractivity contribution is 6.24. The van der Waals surface area contributed by atoms with E-state index in [1.807, 2.05) is 12.1 Å². The summed E-state index contributed by atoms with van der Waals surface area (Å²) in [4.78, 5) is 0. The maximum atomic E-state index is 6.42. The first-order valence-corrected chi connectivity index (χ1v) is 41.0. The number of hydrogen-bond donors (Lipinski definition) is 0. The van der Waals surface area contributed by atoms with Crippen molar-refractivity contribution in [1.29, 1.82) is 0 Å². The molecule has 0 spiro atoms. The Bertz CT molecular complexity index is 7800. The Morgan fingerprint density at radius 3 is 1.09 bits per heavy atom. The molecule has 0 aliphatic heterocycles. The Labute approximate surface area is 680 Å². The van der Waals surface area contributed by atoms with Gasteiger partial charge in [0, 0.05) is 27.2 Å². The van der Waals surface area contributed by atoms with Crippen LogP contribution in [0.25, 0.3) is 219 Å². The molecule has 548 valence electrons. The molecule has 0 saturated carbocycles. The monoisotopic (exact) mass is 1490 g/mol. The van der Waals surface area contributed by atoms with Gasteiger partial charge in [0.15, 0.2) is 0 Å². The largest absolute Gasteiger partial charge is 0.455 e. The van der Waals surface area contributed by atoms with Gasteiger partial charge in [-0.2, -0.15) is 0 Å². The summed E-state index contributed by atoms with van der Waals surface area (Å²) in [6.45, 7) is 9.54. The third-order valence-corrected chi connectivity index (χ3v) is 26.1. The van der Waals surface area contributed by atoms with E-state index in [0.717, 1.165) is 33.1 Å². The van der Waals surface area contributed by atoms with E-state index in [0.29, 0.717) is 0 Å². The number of fused-ring (bicyclic) bond motifs is 20. The predicted molar refractivity (Wildman–Crippen MR) is 499 cm³/mol. The first-order valence-electron chi connectivity index (χ1n) is 41.0. The second kappa shape index (κ2) is 26.6. The molecule has 2 aliphatic carbocycles. The third-order valence-electron chi connectivity index (χ3n) is 26.1. The van der Waals surface area contributed by atoms with E-state index in [1.54, 1.807) is 0 Å². The van der Waals surface area contributed by atoms with Crippen molar-refractivity contribution in [2.75, 3.05) is 0 Å². The minimum Gasteiger partial charge on any atom is -0.455 e. The third kappa shape index (κ3) is 10.6. The highest BCUT2D eigenvalue weighted by Gasteiger charge is 2.40. The number of hydrogen-bond acceptors (Lipinski definition) is 1. The molecule has 1 heteroatoms. The molecule has 0 unspecified atom stereocenters. The summed E-state index contributed by atoms with van der Waals surface area (Å²) in [5.41, 5.74) is 32.5. The topological polar surface area (TPSA) is 13.1 Å². The summed E-state index contributed by atoms with van der Waals surface area (Å²) in [6, 6.07) is 148. The van der Waals surface area contributed by atoms with Crippen LogP contribution in [0.3, 0.4) is 0 Å². The van der Waals surface area contributed by atoms with E-state index >= 15 is 0 Å². The average molecular weight is 1490 g/mol. The molecule has 0 fully saturated rings. The van der Waals surface area contributed by atoms with Crippen LogP contribution in [0, 0.1) is 0 Å². The van der Waals surface area contributed by atoms with Gasteiger partial charge in [0.1, 0.15) is 11.2 Å². The predicted octanol–water partition coefficient (Wildman–Crippen LogP) is 32.4. The first kappa shape index (κ1) is 68.1. The van der Waals surface area contributed by atoms with Crippen LogP contribution < -0.4 is 0 Å². The Morgan fingerprint density at radius 2 is 0.530 bits per heavy atom. The molecule has 117 heavy (non-hydrogen) atoms. The highest BCUT2D eigenvalue weighted by atomic mass is 16.3. The molecule has 0 bridgehead atoms. The van der Waals surface area contributed by atoms with Crippen LogP contribution in [0.1, 0.15) is 49.9 Å². The van der Waals surface area contributed by atoms with Crippen LogP contribution in [0.2, 0.25) is 0 Å². The molecule has 22 aromatic rings. The van der Waals surface area contributed by atoms with Gasteiger partial charge in [-0.1, -0.05) is 404 Å². The normalized spacial score (nSPS) is 13.1. The van der Waals surface area contributed by atoms with Crippen molar-refractivity contribution in [3.63, 3.8) is 0 Å². The van der Waals surface area contributed by atoms with Crippen molar-refractivity contribution in [2.45, 2.75) is 38.5 Å². The van der Waals surface area contributed by atoms with E-state index in [2.05, 4.69) is 416 Å².